The Morgan fingerprint density at radius 3 is 2.69 bits per heavy atom. The van der Waals surface area contributed by atoms with Crippen LogP contribution in [0.5, 0.6) is 0 Å². The summed E-state index contributed by atoms with van der Waals surface area (Å²) in [6.45, 7) is 11.3. The standard InChI is InChI=1S/C21H28N6O2/c1-5-14-6-7-17-15(12-14)13-16(20(28)22-17)18(26-8-10-29-11-9-26)19-23-24-25-27(19)21(2,3)4/h6-7,12-13,18H,5,8-11H2,1-4H3,(H,22,28)/p+1/t18-/m1/s1. The second-order valence-corrected chi connectivity index (χ2v) is 8.65. The Hall–Kier alpha value is -2.58. The maximum absolute atomic E-state index is 13.1. The molecule has 0 bridgehead atoms. The fourth-order valence-corrected chi connectivity index (χ4v) is 4.02. The number of hydrogen-bond donors (Lipinski definition) is 2. The number of aryl methyl sites for hydroxylation is 1. The van der Waals surface area contributed by atoms with Crippen molar-refractivity contribution in [2.75, 3.05) is 26.3 Å². The molecule has 1 fully saturated rings. The summed E-state index contributed by atoms with van der Waals surface area (Å²) in [5.41, 5.74) is 2.41. The highest BCUT2D eigenvalue weighted by atomic mass is 16.5. The van der Waals surface area contributed by atoms with Crippen molar-refractivity contribution in [2.45, 2.75) is 45.7 Å². The maximum atomic E-state index is 13.1. The fourth-order valence-electron chi connectivity index (χ4n) is 4.02. The molecule has 0 unspecified atom stereocenters. The van der Waals surface area contributed by atoms with Gasteiger partial charge in [0.05, 0.1) is 24.3 Å². The van der Waals surface area contributed by atoms with E-state index < -0.39 is 0 Å². The van der Waals surface area contributed by atoms with Crippen molar-refractivity contribution in [1.82, 2.24) is 25.2 Å². The van der Waals surface area contributed by atoms with Gasteiger partial charge in [-0.1, -0.05) is 13.0 Å². The summed E-state index contributed by atoms with van der Waals surface area (Å²) in [5, 5.41) is 13.6. The van der Waals surface area contributed by atoms with Gasteiger partial charge >= 0.3 is 0 Å². The minimum absolute atomic E-state index is 0.0887. The van der Waals surface area contributed by atoms with Gasteiger partial charge in [-0.3, -0.25) is 4.79 Å². The summed E-state index contributed by atoms with van der Waals surface area (Å²) < 4.78 is 7.41. The highest BCUT2D eigenvalue weighted by molar-refractivity contribution is 5.79. The van der Waals surface area contributed by atoms with Gasteiger partial charge in [0.25, 0.3) is 5.56 Å². The molecule has 1 aliphatic rings. The average Bonchev–Trinajstić information content (AvgIpc) is 3.19. The minimum atomic E-state index is -0.290. The molecule has 4 rings (SSSR count). The van der Waals surface area contributed by atoms with Crippen LogP contribution in [-0.2, 0) is 16.7 Å². The Morgan fingerprint density at radius 1 is 1.24 bits per heavy atom. The molecule has 1 atom stereocenters. The summed E-state index contributed by atoms with van der Waals surface area (Å²) >= 11 is 0. The van der Waals surface area contributed by atoms with Crippen LogP contribution in [0.2, 0.25) is 0 Å². The van der Waals surface area contributed by atoms with Crippen molar-refractivity contribution in [3.63, 3.8) is 0 Å². The Kier molecular flexibility index (Phi) is 5.23. The van der Waals surface area contributed by atoms with Crippen molar-refractivity contribution < 1.29 is 9.64 Å². The van der Waals surface area contributed by atoms with E-state index in [1.807, 2.05) is 16.8 Å². The number of nitrogens with zero attached hydrogens (tertiary/aromatic N) is 4. The number of H-pyrrole nitrogens is 1. The van der Waals surface area contributed by atoms with Crippen LogP contribution in [0.4, 0.5) is 0 Å². The van der Waals surface area contributed by atoms with Crippen LogP contribution in [0.1, 0.15) is 50.7 Å². The Morgan fingerprint density at radius 2 is 2.00 bits per heavy atom. The molecule has 0 radical (unpaired) electrons. The van der Waals surface area contributed by atoms with Crippen LogP contribution < -0.4 is 10.5 Å². The van der Waals surface area contributed by atoms with Gasteiger partial charge in [0, 0.05) is 5.52 Å². The van der Waals surface area contributed by atoms with E-state index in [1.54, 1.807) is 0 Å². The lowest BCUT2D eigenvalue weighted by Crippen LogP contribution is -3.14. The number of ether oxygens (including phenoxy) is 1. The first-order valence-corrected chi connectivity index (χ1v) is 10.3. The van der Waals surface area contributed by atoms with E-state index >= 15 is 0 Å². The van der Waals surface area contributed by atoms with Crippen molar-refractivity contribution >= 4 is 10.9 Å². The number of quaternary nitrogens is 1. The molecule has 0 aliphatic carbocycles. The van der Waals surface area contributed by atoms with Crippen molar-refractivity contribution in [2.24, 2.45) is 0 Å². The van der Waals surface area contributed by atoms with Crippen LogP contribution in [0.25, 0.3) is 10.9 Å². The molecule has 8 heteroatoms. The summed E-state index contributed by atoms with van der Waals surface area (Å²) in [6.07, 6.45) is 0.949. The number of benzene rings is 1. The smallest absolute Gasteiger partial charge is 0.258 e. The number of rotatable bonds is 4. The Balaban J connectivity index is 1.91. The van der Waals surface area contributed by atoms with E-state index in [0.717, 1.165) is 30.4 Å². The van der Waals surface area contributed by atoms with E-state index in [1.165, 1.54) is 10.5 Å². The van der Waals surface area contributed by atoms with Gasteiger partial charge < -0.3 is 14.6 Å². The molecule has 1 aromatic carbocycles. The first-order chi connectivity index (χ1) is 13.9. The molecule has 29 heavy (non-hydrogen) atoms. The van der Waals surface area contributed by atoms with Crippen molar-refractivity contribution in [3.05, 3.63) is 51.6 Å². The van der Waals surface area contributed by atoms with Gasteiger partial charge in [-0.25, -0.2) is 4.68 Å². The number of nitrogens with one attached hydrogen (secondary N) is 2. The average molecular weight is 398 g/mol. The summed E-state index contributed by atoms with van der Waals surface area (Å²) in [4.78, 5) is 17.5. The van der Waals surface area contributed by atoms with Crippen molar-refractivity contribution in [1.29, 1.82) is 0 Å². The fraction of sp³-hybridized carbons (Fsp3) is 0.524. The Bertz CT molecular complexity index is 1060. The summed E-state index contributed by atoms with van der Waals surface area (Å²) in [5.74, 6) is 0.714. The number of hydrogen-bond acceptors (Lipinski definition) is 5. The normalized spacial score (nSPS) is 17.0. The summed E-state index contributed by atoms with van der Waals surface area (Å²) in [7, 11) is 0. The van der Waals surface area contributed by atoms with Gasteiger partial charge in [0.1, 0.15) is 13.1 Å². The second kappa shape index (κ2) is 7.68. The van der Waals surface area contributed by atoms with Crippen LogP contribution >= 0.6 is 0 Å². The number of aromatic amines is 1. The molecule has 3 aromatic rings. The number of morpholine rings is 1. The van der Waals surface area contributed by atoms with E-state index in [-0.39, 0.29) is 17.1 Å². The van der Waals surface area contributed by atoms with Crippen LogP contribution in [0.15, 0.2) is 29.1 Å². The molecular weight excluding hydrogens is 368 g/mol. The van der Waals surface area contributed by atoms with Crippen molar-refractivity contribution in [3.8, 4) is 0 Å². The zero-order valence-corrected chi connectivity index (χ0v) is 17.5. The third-order valence-corrected chi connectivity index (χ3v) is 5.59. The van der Waals surface area contributed by atoms with Gasteiger partial charge in [0.15, 0.2) is 6.04 Å². The number of tetrazole rings is 1. The first-order valence-electron chi connectivity index (χ1n) is 10.3. The molecule has 1 saturated heterocycles. The monoisotopic (exact) mass is 397 g/mol. The molecule has 2 N–H and O–H groups in total. The third kappa shape index (κ3) is 3.82. The third-order valence-electron chi connectivity index (χ3n) is 5.59. The Labute approximate surface area is 169 Å². The van der Waals surface area contributed by atoms with E-state index in [4.69, 9.17) is 4.74 Å². The van der Waals surface area contributed by atoms with E-state index in [2.05, 4.69) is 60.3 Å². The predicted octanol–water partition coefficient (Wildman–Crippen LogP) is 0.837. The zero-order valence-electron chi connectivity index (χ0n) is 17.5. The van der Waals surface area contributed by atoms with Gasteiger partial charge in [-0.05, 0) is 66.8 Å². The molecule has 0 saturated carbocycles. The van der Waals surface area contributed by atoms with Gasteiger partial charge in [-0.15, -0.1) is 5.10 Å². The summed E-state index contributed by atoms with van der Waals surface area (Å²) in [6, 6.07) is 7.94. The molecule has 2 aromatic heterocycles. The minimum Gasteiger partial charge on any atom is -0.370 e. The quantitative estimate of drug-likeness (QED) is 0.681. The number of fused-ring (bicyclic) bond motifs is 1. The molecule has 3 heterocycles. The van der Waals surface area contributed by atoms with Crippen LogP contribution in [0.3, 0.4) is 0 Å². The zero-order chi connectivity index (χ0) is 20.6. The SMILES string of the molecule is CCc1ccc2[nH]c(=O)c([C@H](c3nnnn3C(C)(C)C)[NH+]3CCOCC3)cc2c1. The molecular formula is C21H29N6O2+. The second-order valence-electron chi connectivity index (χ2n) is 8.65. The van der Waals surface area contributed by atoms with Crippen LogP contribution in [-0.4, -0.2) is 51.5 Å². The largest absolute Gasteiger partial charge is 0.370 e. The van der Waals surface area contributed by atoms with Gasteiger partial charge in [0.2, 0.25) is 5.82 Å². The molecule has 0 spiro atoms. The highest BCUT2D eigenvalue weighted by Gasteiger charge is 2.37. The lowest BCUT2D eigenvalue weighted by molar-refractivity contribution is -0.934. The van der Waals surface area contributed by atoms with Gasteiger partial charge in [-0.2, -0.15) is 0 Å². The molecule has 154 valence electrons. The predicted molar refractivity (Wildman–Crippen MR) is 110 cm³/mol. The van der Waals surface area contributed by atoms with E-state index in [0.29, 0.717) is 24.6 Å². The van der Waals surface area contributed by atoms with E-state index in [9.17, 15) is 4.79 Å². The lowest BCUT2D eigenvalue weighted by Gasteiger charge is -2.32. The molecule has 1 aliphatic heterocycles. The first kappa shape index (κ1) is 19.7. The number of pyridine rings is 1. The maximum Gasteiger partial charge on any atom is 0.258 e. The van der Waals surface area contributed by atoms with Crippen LogP contribution in [0, 0.1) is 0 Å². The molecule has 8 nitrogen and oxygen atoms in total. The lowest BCUT2D eigenvalue weighted by atomic mass is 10.0. The number of aromatic nitrogens is 5. The molecule has 0 amide bonds. The highest BCUT2D eigenvalue weighted by Crippen LogP contribution is 2.23. The topological polar surface area (TPSA) is 90.1 Å².